The fraction of sp³-hybridized carbons (Fsp3) is 0.269. The van der Waals surface area contributed by atoms with Crippen LogP contribution >= 0.6 is 11.6 Å². The first-order chi connectivity index (χ1) is 16.6. The van der Waals surface area contributed by atoms with Crippen LogP contribution in [-0.2, 0) is 22.6 Å². The van der Waals surface area contributed by atoms with Crippen LogP contribution in [0.1, 0.15) is 29.3 Å². The van der Waals surface area contributed by atoms with Gasteiger partial charge in [-0.3, -0.25) is 9.59 Å². The molecule has 34 heavy (non-hydrogen) atoms. The number of benzene rings is 2. The van der Waals surface area contributed by atoms with Crippen molar-refractivity contribution in [2.45, 2.75) is 31.5 Å². The van der Waals surface area contributed by atoms with Crippen molar-refractivity contribution in [2.75, 3.05) is 13.1 Å². The third-order valence-electron chi connectivity index (χ3n) is 6.93. The van der Waals surface area contributed by atoms with Crippen molar-refractivity contribution in [1.82, 2.24) is 24.3 Å². The molecular formula is C26H24ClN5O2. The van der Waals surface area contributed by atoms with Crippen LogP contribution in [0.3, 0.4) is 0 Å². The molecule has 4 aromatic rings. The lowest BCUT2D eigenvalue weighted by Gasteiger charge is -2.47. The molecule has 2 atom stereocenters. The number of fused-ring (bicyclic) bond motifs is 4. The monoisotopic (exact) mass is 473 g/mol. The molecule has 8 heteroatoms. The van der Waals surface area contributed by atoms with E-state index in [1.807, 2.05) is 53.2 Å². The second-order valence-corrected chi connectivity index (χ2v) is 9.39. The number of nitrogens with zero attached hydrogens (tertiary/aromatic N) is 4. The third-order valence-corrected chi connectivity index (χ3v) is 7.18. The summed E-state index contributed by atoms with van der Waals surface area (Å²) in [6.45, 7) is 1.39. The number of carbonyl (C=O) groups excluding carboxylic acids is 2. The maximum atomic E-state index is 13.7. The molecule has 0 saturated carbocycles. The topological polar surface area (TPSA) is 74.2 Å². The second kappa shape index (κ2) is 8.33. The van der Waals surface area contributed by atoms with Gasteiger partial charge < -0.3 is 19.4 Å². The van der Waals surface area contributed by atoms with Crippen LogP contribution < -0.4 is 0 Å². The number of hydrogen-bond donors (Lipinski definition) is 1. The van der Waals surface area contributed by atoms with Gasteiger partial charge in [0.05, 0.1) is 18.9 Å². The van der Waals surface area contributed by atoms with Crippen molar-refractivity contribution in [2.24, 2.45) is 0 Å². The van der Waals surface area contributed by atoms with Crippen molar-refractivity contribution in [1.29, 1.82) is 0 Å². The lowest BCUT2D eigenvalue weighted by atomic mass is 9.86. The molecule has 2 aromatic heterocycles. The summed E-state index contributed by atoms with van der Waals surface area (Å²) in [6.07, 6.45) is 6.68. The Balaban J connectivity index is 1.37. The number of H-pyrrole nitrogens is 1. The Kier molecular flexibility index (Phi) is 5.14. The summed E-state index contributed by atoms with van der Waals surface area (Å²) in [4.78, 5) is 38.3. The Labute approximate surface area is 201 Å². The molecule has 0 spiro atoms. The van der Waals surface area contributed by atoms with Crippen LogP contribution in [0.5, 0.6) is 0 Å². The Bertz CT molecular complexity index is 1360. The van der Waals surface area contributed by atoms with Gasteiger partial charge in [0, 0.05) is 53.5 Å². The molecule has 1 N–H and O–H groups in total. The molecule has 2 aliphatic rings. The molecule has 0 aliphatic carbocycles. The van der Waals surface area contributed by atoms with Gasteiger partial charge in [-0.2, -0.15) is 0 Å². The van der Waals surface area contributed by atoms with E-state index in [0.29, 0.717) is 18.0 Å². The minimum atomic E-state index is -0.526. The van der Waals surface area contributed by atoms with E-state index < -0.39 is 6.04 Å². The number of amides is 2. The van der Waals surface area contributed by atoms with Crippen LogP contribution in [0.4, 0.5) is 0 Å². The number of hydrogen-bond acceptors (Lipinski definition) is 3. The average molecular weight is 474 g/mol. The highest BCUT2D eigenvalue weighted by atomic mass is 35.5. The first-order valence-corrected chi connectivity index (χ1v) is 11.9. The number of halogens is 1. The van der Waals surface area contributed by atoms with Crippen LogP contribution in [0.25, 0.3) is 10.9 Å². The molecule has 4 heterocycles. The molecule has 0 radical (unpaired) electrons. The Morgan fingerprint density at radius 1 is 1.06 bits per heavy atom. The van der Waals surface area contributed by atoms with E-state index in [4.69, 9.17) is 11.6 Å². The van der Waals surface area contributed by atoms with Gasteiger partial charge in [0.2, 0.25) is 11.8 Å². The minimum Gasteiger partial charge on any atom is -0.356 e. The Hall–Kier alpha value is -3.58. The summed E-state index contributed by atoms with van der Waals surface area (Å²) in [5, 5.41) is 1.74. The van der Waals surface area contributed by atoms with Crippen LogP contribution in [0.15, 0.2) is 67.3 Å². The van der Waals surface area contributed by atoms with Gasteiger partial charge in [-0.25, -0.2) is 4.98 Å². The quantitative estimate of drug-likeness (QED) is 0.479. The number of aromatic amines is 1. The molecule has 0 unspecified atom stereocenters. The normalized spacial score (nSPS) is 20.0. The molecule has 7 nitrogen and oxygen atoms in total. The van der Waals surface area contributed by atoms with E-state index in [9.17, 15) is 9.59 Å². The SMILES string of the molecule is O=C1[C@H]2Cc3c([nH]c4ccccc34)[C@H](c3ccc(Cl)cc3)N2C(=O)CN1CCCn1ccnc1. The van der Waals surface area contributed by atoms with Gasteiger partial charge in [-0.1, -0.05) is 41.9 Å². The number of para-hydroxylation sites is 1. The number of piperazine rings is 1. The summed E-state index contributed by atoms with van der Waals surface area (Å²) in [7, 11) is 0. The number of rotatable bonds is 5. The zero-order chi connectivity index (χ0) is 23.2. The zero-order valence-corrected chi connectivity index (χ0v) is 19.3. The van der Waals surface area contributed by atoms with E-state index in [-0.39, 0.29) is 24.4 Å². The first-order valence-electron chi connectivity index (χ1n) is 11.5. The molecule has 6 rings (SSSR count). The molecular weight excluding hydrogens is 450 g/mol. The summed E-state index contributed by atoms with van der Waals surface area (Å²) in [6, 6.07) is 14.8. The highest BCUT2D eigenvalue weighted by Crippen LogP contribution is 2.42. The number of nitrogens with one attached hydrogen (secondary N) is 1. The van der Waals surface area contributed by atoms with Gasteiger partial charge in [-0.15, -0.1) is 0 Å². The fourth-order valence-corrected chi connectivity index (χ4v) is 5.49. The molecule has 2 aromatic carbocycles. The van der Waals surface area contributed by atoms with Crippen LogP contribution in [0.2, 0.25) is 5.02 Å². The van der Waals surface area contributed by atoms with Crippen molar-refractivity contribution in [3.8, 4) is 0 Å². The van der Waals surface area contributed by atoms with E-state index in [1.165, 1.54) is 0 Å². The maximum absolute atomic E-state index is 13.7. The second-order valence-electron chi connectivity index (χ2n) is 8.95. The number of carbonyl (C=O) groups is 2. The average Bonchev–Trinajstić information content (AvgIpc) is 3.49. The van der Waals surface area contributed by atoms with E-state index in [2.05, 4.69) is 16.0 Å². The largest absolute Gasteiger partial charge is 0.356 e. The van der Waals surface area contributed by atoms with Gasteiger partial charge in [0.25, 0.3) is 0 Å². The molecule has 2 amide bonds. The van der Waals surface area contributed by atoms with Gasteiger partial charge in [0.15, 0.2) is 0 Å². The summed E-state index contributed by atoms with van der Waals surface area (Å²) in [5.74, 6) is -0.0170. The Morgan fingerprint density at radius 2 is 1.88 bits per heavy atom. The van der Waals surface area contributed by atoms with Crippen molar-refractivity contribution in [3.63, 3.8) is 0 Å². The van der Waals surface area contributed by atoms with Crippen molar-refractivity contribution in [3.05, 3.63) is 89.1 Å². The standard InChI is InChI=1S/C26H24ClN5O2/c27-18-8-6-17(7-9-18)25-24-20(19-4-1-2-5-21(19)29-24)14-22-26(34)31(15-23(33)32(22)25)12-3-11-30-13-10-28-16-30/h1-2,4-10,13,16,22,25,29H,3,11-12,14-15H2/t22-,25+/m1/s1. The molecule has 172 valence electrons. The predicted molar refractivity (Wildman–Crippen MR) is 129 cm³/mol. The summed E-state index contributed by atoms with van der Waals surface area (Å²) in [5.41, 5.74) is 4.05. The highest BCUT2D eigenvalue weighted by molar-refractivity contribution is 6.30. The Morgan fingerprint density at radius 3 is 2.68 bits per heavy atom. The van der Waals surface area contributed by atoms with Crippen molar-refractivity contribution >= 4 is 34.3 Å². The minimum absolute atomic E-state index is 0.0140. The van der Waals surface area contributed by atoms with Crippen LogP contribution in [0, 0.1) is 0 Å². The summed E-state index contributed by atoms with van der Waals surface area (Å²) >= 11 is 6.15. The smallest absolute Gasteiger partial charge is 0.246 e. The molecule has 2 aliphatic heterocycles. The lowest BCUT2D eigenvalue weighted by Crippen LogP contribution is -2.63. The molecule has 1 saturated heterocycles. The lowest BCUT2D eigenvalue weighted by molar-refractivity contribution is -0.158. The molecule has 0 bridgehead atoms. The predicted octanol–water partition coefficient (Wildman–Crippen LogP) is 3.79. The number of aromatic nitrogens is 3. The van der Waals surface area contributed by atoms with Gasteiger partial charge >= 0.3 is 0 Å². The number of aryl methyl sites for hydroxylation is 1. The third kappa shape index (κ3) is 3.47. The van der Waals surface area contributed by atoms with Gasteiger partial charge in [-0.05, 0) is 35.7 Å². The van der Waals surface area contributed by atoms with E-state index in [0.717, 1.165) is 40.7 Å². The van der Waals surface area contributed by atoms with Crippen molar-refractivity contribution < 1.29 is 9.59 Å². The molecule has 1 fully saturated rings. The highest BCUT2D eigenvalue weighted by Gasteiger charge is 2.48. The van der Waals surface area contributed by atoms with E-state index in [1.54, 1.807) is 22.3 Å². The first kappa shape index (κ1) is 21.0. The van der Waals surface area contributed by atoms with Crippen LogP contribution in [-0.4, -0.2) is 55.3 Å². The zero-order valence-electron chi connectivity index (χ0n) is 18.5. The van der Waals surface area contributed by atoms with E-state index >= 15 is 0 Å². The maximum Gasteiger partial charge on any atom is 0.246 e. The fourth-order valence-electron chi connectivity index (χ4n) is 5.37. The summed E-state index contributed by atoms with van der Waals surface area (Å²) < 4.78 is 1.98. The van der Waals surface area contributed by atoms with Gasteiger partial charge in [0.1, 0.15) is 6.04 Å². The number of imidazole rings is 1.